The SMILES string of the molecule is CCCCCCCCCCCCC(=O)OC[C@H](COC(=O)CCCCCCC)OC(=O)CCCCCCC. The number of unbranched alkanes of at least 4 members (excludes halogenated alkanes) is 17. The van der Waals surface area contributed by atoms with Gasteiger partial charge in [-0.15, -0.1) is 0 Å². The van der Waals surface area contributed by atoms with Crippen LogP contribution in [0.5, 0.6) is 0 Å². The molecular formula is C32H60O6. The van der Waals surface area contributed by atoms with Gasteiger partial charge in [-0.05, 0) is 19.3 Å². The predicted molar refractivity (Wildman–Crippen MR) is 155 cm³/mol. The van der Waals surface area contributed by atoms with Gasteiger partial charge in [0, 0.05) is 19.3 Å². The maximum atomic E-state index is 12.3. The first kappa shape index (κ1) is 36.4. The van der Waals surface area contributed by atoms with E-state index in [-0.39, 0.29) is 31.1 Å². The van der Waals surface area contributed by atoms with Crippen molar-refractivity contribution in [2.75, 3.05) is 13.2 Å². The maximum Gasteiger partial charge on any atom is 0.306 e. The van der Waals surface area contributed by atoms with Gasteiger partial charge in [0.2, 0.25) is 0 Å². The Balaban J connectivity index is 4.26. The number of hydrogen-bond acceptors (Lipinski definition) is 6. The molecule has 0 aromatic rings. The third kappa shape index (κ3) is 26.0. The topological polar surface area (TPSA) is 78.9 Å². The van der Waals surface area contributed by atoms with Gasteiger partial charge in [-0.25, -0.2) is 0 Å². The van der Waals surface area contributed by atoms with Gasteiger partial charge in [0.1, 0.15) is 13.2 Å². The van der Waals surface area contributed by atoms with E-state index in [1.165, 1.54) is 57.8 Å². The zero-order valence-corrected chi connectivity index (χ0v) is 25.2. The number of carbonyl (C=O) groups excluding carboxylic acids is 3. The minimum Gasteiger partial charge on any atom is -0.462 e. The van der Waals surface area contributed by atoms with Crippen LogP contribution in [-0.2, 0) is 28.6 Å². The Morgan fingerprint density at radius 2 is 0.711 bits per heavy atom. The van der Waals surface area contributed by atoms with Gasteiger partial charge >= 0.3 is 17.9 Å². The first-order valence-electron chi connectivity index (χ1n) is 16.0. The summed E-state index contributed by atoms with van der Waals surface area (Å²) in [5.74, 6) is -0.904. The highest BCUT2D eigenvalue weighted by molar-refractivity contribution is 5.71. The molecule has 38 heavy (non-hydrogen) atoms. The zero-order chi connectivity index (χ0) is 28.1. The summed E-state index contributed by atoms with van der Waals surface area (Å²) in [5, 5.41) is 0. The minimum atomic E-state index is -0.751. The van der Waals surface area contributed by atoms with Crippen LogP contribution in [-0.4, -0.2) is 37.2 Å². The lowest BCUT2D eigenvalue weighted by atomic mass is 10.1. The predicted octanol–water partition coefficient (Wildman–Crippen LogP) is 9.02. The summed E-state index contributed by atoms with van der Waals surface area (Å²) in [7, 11) is 0. The molecule has 0 aromatic heterocycles. The molecule has 0 heterocycles. The van der Waals surface area contributed by atoms with E-state index in [0.29, 0.717) is 19.3 Å². The van der Waals surface area contributed by atoms with Crippen molar-refractivity contribution in [1.29, 1.82) is 0 Å². The van der Waals surface area contributed by atoms with E-state index in [0.717, 1.165) is 70.6 Å². The minimum absolute atomic E-state index is 0.0675. The molecule has 0 rings (SSSR count). The smallest absolute Gasteiger partial charge is 0.306 e. The van der Waals surface area contributed by atoms with Crippen LogP contribution in [0.3, 0.4) is 0 Å². The Kier molecular flexibility index (Phi) is 27.2. The molecule has 0 unspecified atom stereocenters. The van der Waals surface area contributed by atoms with Crippen LogP contribution in [0.4, 0.5) is 0 Å². The van der Waals surface area contributed by atoms with Crippen LogP contribution < -0.4 is 0 Å². The standard InChI is InChI=1S/C32H60O6/c1-4-7-10-13-14-15-16-17-20-22-25-31(34)37-28-29(38-32(35)26-23-19-12-9-6-3)27-36-30(33)24-21-18-11-8-5-2/h29H,4-28H2,1-3H3/t29-/m0/s1. The quantitative estimate of drug-likeness (QED) is 0.0559. The lowest BCUT2D eigenvalue weighted by molar-refractivity contribution is -0.167. The summed E-state index contributed by atoms with van der Waals surface area (Å²) in [6.45, 7) is 6.41. The monoisotopic (exact) mass is 540 g/mol. The van der Waals surface area contributed by atoms with E-state index in [2.05, 4.69) is 20.8 Å². The average Bonchev–Trinajstić information content (AvgIpc) is 2.91. The molecule has 0 aromatic carbocycles. The fourth-order valence-corrected chi connectivity index (χ4v) is 4.38. The van der Waals surface area contributed by atoms with Crippen LogP contribution in [0.1, 0.15) is 168 Å². The van der Waals surface area contributed by atoms with Crippen molar-refractivity contribution in [2.45, 2.75) is 175 Å². The largest absolute Gasteiger partial charge is 0.462 e. The summed E-state index contributed by atoms with van der Waals surface area (Å²) in [6.07, 6.45) is 22.9. The molecule has 0 bridgehead atoms. The molecule has 0 saturated carbocycles. The summed E-state index contributed by atoms with van der Waals surface area (Å²) in [5.41, 5.74) is 0. The van der Waals surface area contributed by atoms with Gasteiger partial charge in [-0.3, -0.25) is 14.4 Å². The summed E-state index contributed by atoms with van der Waals surface area (Å²) in [4.78, 5) is 36.7. The van der Waals surface area contributed by atoms with Gasteiger partial charge in [-0.2, -0.15) is 0 Å². The number of hydrogen-bond donors (Lipinski definition) is 0. The van der Waals surface area contributed by atoms with E-state index in [9.17, 15) is 14.4 Å². The average molecular weight is 541 g/mol. The van der Waals surface area contributed by atoms with Crippen molar-refractivity contribution in [1.82, 2.24) is 0 Å². The van der Waals surface area contributed by atoms with Gasteiger partial charge in [0.15, 0.2) is 6.10 Å². The Hall–Kier alpha value is -1.59. The number of ether oxygens (including phenoxy) is 3. The van der Waals surface area contributed by atoms with Gasteiger partial charge in [0.05, 0.1) is 0 Å². The highest BCUT2D eigenvalue weighted by Gasteiger charge is 2.19. The Morgan fingerprint density at radius 3 is 1.05 bits per heavy atom. The molecule has 0 N–H and O–H groups in total. The van der Waals surface area contributed by atoms with Crippen LogP contribution in [0.15, 0.2) is 0 Å². The third-order valence-corrected chi connectivity index (χ3v) is 6.86. The molecule has 6 heteroatoms. The Bertz CT molecular complexity index is 562. The molecule has 0 saturated heterocycles. The molecule has 0 aliphatic heterocycles. The van der Waals surface area contributed by atoms with Crippen LogP contribution >= 0.6 is 0 Å². The fraction of sp³-hybridized carbons (Fsp3) is 0.906. The lowest BCUT2D eigenvalue weighted by Gasteiger charge is -2.18. The van der Waals surface area contributed by atoms with Crippen molar-refractivity contribution < 1.29 is 28.6 Å². The van der Waals surface area contributed by atoms with E-state index >= 15 is 0 Å². The van der Waals surface area contributed by atoms with Crippen LogP contribution in [0.25, 0.3) is 0 Å². The highest BCUT2D eigenvalue weighted by atomic mass is 16.6. The highest BCUT2D eigenvalue weighted by Crippen LogP contribution is 2.12. The normalized spacial score (nSPS) is 11.8. The molecule has 224 valence electrons. The van der Waals surface area contributed by atoms with Crippen molar-refractivity contribution in [2.24, 2.45) is 0 Å². The zero-order valence-electron chi connectivity index (χ0n) is 25.2. The second kappa shape index (κ2) is 28.4. The molecule has 0 aliphatic rings. The van der Waals surface area contributed by atoms with Crippen molar-refractivity contribution >= 4 is 17.9 Å². The molecule has 0 aliphatic carbocycles. The molecule has 0 amide bonds. The number of esters is 3. The first-order valence-corrected chi connectivity index (χ1v) is 16.0. The molecule has 0 spiro atoms. The van der Waals surface area contributed by atoms with Crippen molar-refractivity contribution in [3.8, 4) is 0 Å². The van der Waals surface area contributed by atoms with Crippen molar-refractivity contribution in [3.05, 3.63) is 0 Å². The molecule has 1 atom stereocenters. The van der Waals surface area contributed by atoms with Crippen molar-refractivity contribution in [3.63, 3.8) is 0 Å². The molecule has 6 nitrogen and oxygen atoms in total. The lowest BCUT2D eigenvalue weighted by Crippen LogP contribution is -2.30. The number of rotatable bonds is 28. The first-order chi connectivity index (χ1) is 18.5. The van der Waals surface area contributed by atoms with Crippen LogP contribution in [0, 0.1) is 0 Å². The maximum absolute atomic E-state index is 12.3. The Labute approximate surface area is 234 Å². The second-order valence-corrected chi connectivity index (χ2v) is 10.7. The molecule has 0 radical (unpaired) electrons. The molecule has 0 fully saturated rings. The fourth-order valence-electron chi connectivity index (χ4n) is 4.38. The molecular weight excluding hydrogens is 480 g/mol. The number of carbonyl (C=O) groups is 3. The van der Waals surface area contributed by atoms with Gasteiger partial charge in [0.25, 0.3) is 0 Å². The summed E-state index contributed by atoms with van der Waals surface area (Å²) >= 11 is 0. The van der Waals surface area contributed by atoms with Crippen LogP contribution in [0.2, 0.25) is 0 Å². The second-order valence-electron chi connectivity index (χ2n) is 10.7. The van der Waals surface area contributed by atoms with Gasteiger partial charge < -0.3 is 14.2 Å². The summed E-state index contributed by atoms with van der Waals surface area (Å²) < 4.78 is 16.3. The van der Waals surface area contributed by atoms with Gasteiger partial charge in [-0.1, -0.05) is 130 Å². The van der Waals surface area contributed by atoms with E-state index in [1.54, 1.807) is 0 Å². The Morgan fingerprint density at radius 1 is 0.421 bits per heavy atom. The van der Waals surface area contributed by atoms with E-state index in [1.807, 2.05) is 0 Å². The summed E-state index contributed by atoms with van der Waals surface area (Å²) in [6, 6.07) is 0. The van der Waals surface area contributed by atoms with E-state index in [4.69, 9.17) is 14.2 Å². The third-order valence-electron chi connectivity index (χ3n) is 6.86. The van der Waals surface area contributed by atoms with E-state index < -0.39 is 6.10 Å².